The van der Waals surface area contributed by atoms with Crippen molar-refractivity contribution in [2.75, 3.05) is 10.8 Å². The van der Waals surface area contributed by atoms with Gasteiger partial charge in [-0.15, -0.1) is 0 Å². The quantitative estimate of drug-likeness (QED) is 0.425. The molecule has 35 heavy (non-hydrogen) atoms. The Morgan fingerprint density at radius 2 is 1.74 bits per heavy atom. The second kappa shape index (κ2) is 8.99. The van der Waals surface area contributed by atoms with Gasteiger partial charge in [0.1, 0.15) is 0 Å². The van der Waals surface area contributed by atoms with Gasteiger partial charge < -0.3 is 9.72 Å². The first kappa shape index (κ1) is 22.8. The molecule has 0 bridgehead atoms. The number of hydrogen-bond acceptors (Lipinski definition) is 6. The van der Waals surface area contributed by atoms with Crippen LogP contribution in [0.3, 0.4) is 0 Å². The van der Waals surface area contributed by atoms with Crippen LogP contribution in [0.25, 0.3) is 10.9 Å². The first-order valence-electron chi connectivity index (χ1n) is 11.3. The van der Waals surface area contributed by atoms with E-state index in [1.165, 1.54) is 28.6 Å². The molecule has 0 amide bonds. The smallest absolute Gasteiger partial charge is 0.338 e. The molecule has 1 aliphatic heterocycles. The van der Waals surface area contributed by atoms with E-state index in [0.29, 0.717) is 23.1 Å². The molecule has 9 heteroatoms. The number of aryl methyl sites for hydroxylation is 1. The van der Waals surface area contributed by atoms with E-state index in [0.717, 1.165) is 18.4 Å². The van der Waals surface area contributed by atoms with Crippen LogP contribution >= 0.6 is 0 Å². The number of aromatic nitrogens is 2. The minimum absolute atomic E-state index is 0.0966. The molecular formula is C26H23N3O5S. The van der Waals surface area contributed by atoms with E-state index in [1.807, 2.05) is 24.3 Å². The molecule has 2 heterocycles. The largest absolute Gasteiger partial charge is 0.451 e. The third kappa shape index (κ3) is 4.30. The number of rotatable bonds is 5. The van der Waals surface area contributed by atoms with E-state index in [2.05, 4.69) is 9.97 Å². The Kier molecular flexibility index (Phi) is 5.86. The number of sulfonamides is 1. The van der Waals surface area contributed by atoms with E-state index in [1.54, 1.807) is 31.2 Å². The van der Waals surface area contributed by atoms with Crippen molar-refractivity contribution in [2.45, 2.75) is 30.8 Å². The van der Waals surface area contributed by atoms with Gasteiger partial charge in [-0.1, -0.05) is 30.3 Å². The number of hydrogen-bond donors (Lipinski definition) is 1. The van der Waals surface area contributed by atoms with Gasteiger partial charge >= 0.3 is 5.97 Å². The summed E-state index contributed by atoms with van der Waals surface area (Å²) in [5.74, 6) is -0.425. The Labute approximate surface area is 202 Å². The van der Waals surface area contributed by atoms with Gasteiger partial charge in [0.2, 0.25) is 0 Å². The van der Waals surface area contributed by atoms with E-state index >= 15 is 0 Å². The van der Waals surface area contributed by atoms with Crippen LogP contribution in [0.5, 0.6) is 0 Å². The fourth-order valence-electron chi connectivity index (χ4n) is 4.22. The number of aromatic amines is 1. The second-order valence-corrected chi connectivity index (χ2v) is 10.2. The minimum Gasteiger partial charge on any atom is -0.451 e. The maximum absolute atomic E-state index is 13.3. The lowest BCUT2D eigenvalue weighted by Gasteiger charge is -2.30. The number of para-hydroxylation sites is 2. The van der Waals surface area contributed by atoms with E-state index < -0.39 is 22.1 Å². The Morgan fingerprint density at radius 3 is 2.54 bits per heavy atom. The average molecular weight is 490 g/mol. The zero-order chi connectivity index (χ0) is 24.6. The molecular weight excluding hydrogens is 466 g/mol. The summed E-state index contributed by atoms with van der Waals surface area (Å²) >= 11 is 0. The number of fused-ring (bicyclic) bond motifs is 2. The summed E-state index contributed by atoms with van der Waals surface area (Å²) in [5.41, 5.74) is 2.06. The first-order valence-corrected chi connectivity index (χ1v) is 12.7. The van der Waals surface area contributed by atoms with Gasteiger partial charge in [-0.05, 0) is 67.8 Å². The summed E-state index contributed by atoms with van der Waals surface area (Å²) in [6.45, 7) is 2.01. The van der Waals surface area contributed by atoms with E-state index in [9.17, 15) is 18.0 Å². The van der Waals surface area contributed by atoms with Gasteiger partial charge in [-0.3, -0.25) is 9.10 Å². The Balaban J connectivity index is 1.34. The van der Waals surface area contributed by atoms with Crippen LogP contribution in [0.4, 0.5) is 5.69 Å². The van der Waals surface area contributed by atoms with Crippen molar-refractivity contribution in [2.24, 2.45) is 0 Å². The number of H-pyrrole nitrogens is 1. The number of carbonyl (C=O) groups excluding carboxylic acids is 1. The van der Waals surface area contributed by atoms with Crippen LogP contribution in [0.1, 0.15) is 41.2 Å². The molecule has 0 unspecified atom stereocenters. The fourth-order valence-corrected chi connectivity index (χ4v) is 5.76. The summed E-state index contributed by atoms with van der Waals surface area (Å²) in [5, 5.41) is 0.447. The third-order valence-electron chi connectivity index (χ3n) is 6.05. The molecule has 3 aromatic carbocycles. The van der Waals surface area contributed by atoms with Crippen molar-refractivity contribution >= 4 is 32.6 Å². The minimum atomic E-state index is -3.78. The van der Waals surface area contributed by atoms with Crippen LogP contribution in [0, 0.1) is 0 Å². The lowest BCUT2D eigenvalue weighted by Crippen LogP contribution is -2.35. The SMILES string of the molecule is C[C@H](OC(=O)c1ccc(S(=O)(=O)N2CCCc3ccccc32)cc1)c1nc2ccccc2c(=O)[nH]1. The number of nitrogens with one attached hydrogen (secondary N) is 1. The van der Waals surface area contributed by atoms with Gasteiger partial charge in [0.25, 0.3) is 15.6 Å². The highest BCUT2D eigenvalue weighted by Gasteiger charge is 2.29. The van der Waals surface area contributed by atoms with Crippen LogP contribution in [-0.2, 0) is 21.2 Å². The molecule has 178 valence electrons. The van der Waals surface area contributed by atoms with Crippen LogP contribution < -0.4 is 9.86 Å². The van der Waals surface area contributed by atoms with Crippen molar-refractivity contribution in [3.63, 3.8) is 0 Å². The van der Waals surface area contributed by atoms with Crippen molar-refractivity contribution in [1.82, 2.24) is 9.97 Å². The average Bonchev–Trinajstić information content (AvgIpc) is 2.88. The van der Waals surface area contributed by atoms with E-state index in [-0.39, 0.29) is 21.8 Å². The summed E-state index contributed by atoms with van der Waals surface area (Å²) in [6.07, 6.45) is 0.763. The number of esters is 1. The molecule has 1 aliphatic rings. The van der Waals surface area contributed by atoms with E-state index in [4.69, 9.17) is 4.74 Å². The molecule has 5 rings (SSSR count). The zero-order valence-electron chi connectivity index (χ0n) is 19.0. The predicted molar refractivity (Wildman–Crippen MR) is 132 cm³/mol. The molecule has 0 spiro atoms. The summed E-state index contributed by atoms with van der Waals surface area (Å²) < 4.78 is 33.5. The standard InChI is InChI=1S/C26H23N3O5S/c1-17(24-27-22-10-4-3-9-21(22)25(30)28-24)34-26(31)19-12-14-20(15-13-19)35(32,33)29-16-6-8-18-7-2-5-11-23(18)29/h2-5,7,9-15,17H,6,8,16H2,1H3,(H,27,28,30)/t17-/m0/s1. The Morgan fingerprint density at radius 1 is 1.03 bits per heavy atom. The van der Waals surface area contributed by atoms with Crippen LogP contribution in [-0.4, -0.2) is 30.9 Å². The van der Waals surface area contributed by atoms with Gasteiger partial charge in [0, 0.05) is 6.54 Å². The Bertz CT molecular complexity index is 1580. The van der Waals surface area contributed by atoms with Crippen molar-refractivity contribution < 1.29 is 17.9 Å². The molecule has 0 saturated heterocycles. The maximum atomic E-state index is 13.3. The fraction of sp³-hybridized carbons (Fsp3) is 0.192. The van der Waals surface area contributed by atoms with Gasteiger partial charge in [-0.25, -0.2) is 18.2 Å². The molecule has 1 N–H and O–H groups in total. The van der Waals surface area contributed by atoms with Gasteiger partial charge in [0.15, 0.2) is 11.9 Å². The number of carbonyl (C=O) groups is 1. The number of ether oxygens (including phenoxy) is 1. The van der Waals surface area contributed by atoms with Crippen molar-refractivity contribution in [1.29, 1.82) is 0 Å². The van der Waals surface area contributed by atoms with Crippen molar-refractivity contribution in [3.05, 3.63) is 100 Å². The Hall–Kier alpha value is -3.98. The lowest BCUT2D eigenvalue weighted by molar-refractivity contribution is 0.0320. The first-order chi connectivity index (χ1) is 16.8. The second-order valence-electron chi connectivity index (χ2n) is 8.35. The van der Waals surface area contributed by atoms with Gasteiger partial charge in [0.05, 0.1) is 27.0 Å². The predicted octanol–water partition coefficient (Wildman–Crippen LogP) is 3.98. The maximum Gasteiger partial charge on any atom is 0.338 e. The molecule has 4 aromatic rings. The highest BCUT2D eigenvalue weighted by atomic mass is 32.2. The third-order valence-corrected chi connectivity index (χ3v) is 7.87. The van der Waals surface area contributed by atoms with Gasteiger partial charge in [-0.2, -0.15) is 0 Å². The topological polar surface area (TPSA) is 109 Å². The highest BCUT2D eigenvalue weighted by molar-refractivity contribution is 7.92. The molecule has 0 aliphatic carbocycles. The molecule has 0 fully saturated rings. The summed E-state index contributed by atoms with van der Waals surface area (Å²) in [6, 6.07) is 20.0. The monoisotopic (exact) mass is 489 g/mol. The van der Waals surface area contributed by atoms with Crippen molar-refractivity contribution in [3.8, 4) is 0 Å². The molecule has 1 atom stereocenters. The summed E-state index contributed by atoms with van der Waals surface area (Å²) in [4.78, 5) is 32.1. The zero-order valence-corrected chi connectivity index (χ0v) is 19.8. The lowest BCUT2D eigenvalue weighted by atomic mass is 10.0. The summed E-state index contributed by atoms with van der Waals surface area (Å²) in [7, 11) is -3.78. The molecule has 0 radical (unpaired) electrons. The highest BCUT2D eigenvalue weighted by Crippen LogP contribution is 2.32. The number of benzene rings is 3. The molecule has 0 saturated carbocycles. The molecule has 8 nitrogen and oxygen atoms in total. The van der Waals surface area contributed by atoms with Crippen LogP contribution in [0.2, 0.25) is 0 Å². The normalized spacial score (nSPS) is 14.4. The number of anilines is 1. The molecule has 1 aromatic heterocycles. The van der Waals surface area contributed by atoms with Crippen LogP contribution in [0.15, 0.2) is 82.5 Å². The number of nitrogens with zero attached hydrogens (tertiary/aromatic N) is 2.